The van der Waals surface area contributed by atoms with Crippen LogP contribution in [0.15, 0.2) is 77.7 Å². The van der Waals surface area contributed by atoms with Crippen molar-refractivity contribution < 1.29 is 9.59 Å². The van der Waals surface area contributed by atoms with Crippen LogP contribution in [0.5, 0.6) is 0 Å². The predicted octanol–water partition coefficient (Wildman–Crippen LogP) is 6.17. The molecule has 1 unspecified atom stereocenters. The second-order valence-corrected chi connectivity index (χ2v) is 9.94. The number of aryl methyl sites for hydroxylation is 1. The Labute approximate surface area is 215 Å². The van der Waals surface area contributed by atoms with Crippen molar-refractivity contribution in [2.24, 2.45) is 0 Å². The third-order valence-electron chi connectivity index (χ3n) is 5.51. The summed E-state index contributed by atoms with van der Waals surface area (Å²) >= 11 is 14.5. The maximum Gasteiger partial charge on any atom is 0.242 e. The summed E-state index contributed by atoms with van der Waals surface area (Å²) < 4.78 is 0. The van der Waals surface area contributed by atoms with Crippen molar-refractivity contribution in [2.45, 2.75) is 37.2 Å². The van der Waals surface area contributed by atoms with Crippen LogP contribution in [-0.2, 0) is 22.6 Å². The Bertz CT molecular complexity index is 1090. The lowest BCUT2D eigenvalue weighted by molar-refractivity contribution is -0.140. The molecule has 0 aliphatic carbocycles. The van der Waals surface area contributed by atoms with E-state index in [0.717, 1.165) is 10.5 Å². The Morgan fingerprint density at radius 3 is 2.21 bits per heavy atom. The highest BCUT2D eigenvalue weighted by atomic mass is 35.5. The van der Waals surface area contributed by atoms with E-state index in [9.17, 15) is 9.59 Å². The molecule has 3 aromatic rings. The summed E-state index contributed by atoms with van der Waals surface area (Å²) in [5.41, 5.74) is 2.79. The smallest absolute Gasteiger partial charge is 0.242 e. The normalized spacial score (nSPS) is 11.6. The highest BCUT2D eigenvalue weighted by Crippen LogP contribution is 2.28. The molecule has 0 aliphatic rings. The summed E-state index contributed by atoms with van der Waals surface area (Å²) in [6.45, 7) is 2.19. The largest absolute Gasteiger partial charge is 0.357 e. The molecule has 0 fully saturated rings. The summed E-state index contributed by atoms with van der Waals surface area (Å²) in [6, 6.07) is 22.4. The number of amides is 2. The number of halogens is 2. The first-order valence-corrected chi connectivity index (χ1v) is 12.8. The summed E-state index contributed by atoms with van der Waals surface area (Å²) in [5.74, 6) is 0.243. The van der Waals surface area contributed by atoms with E-state index < -0.39 is 6.04 Å². The third-order valence-corrected chi connectivity index (χ3v) is 7.24. The molecule has 1 N–H and O–H groups in total. The van der Waals surface area contributed by atoms with Gasteiger partial charge in [0.25, 0.3) is 0 Å². The number of rotatable bonds is 10. The summed E-state index contributed by atoms with van der Waals surface area (Å²) in [4.78, 5) is 29.2. The van der Waals surface area contributed by atoms with E-state index in [1.54, 1.807) is 41.9 Å². The Hall–Kier alpha value is -2.47. The molecule has 178 valence electrons. The summed E-state index contributed by atoms with van der Waals surface area (Å²) in [5, 5.41) is 3.65. The van der Waals surface area contributed by atoms with E-state index in [1.165, 1.54) is 5.56 Å². The SMILES string of the molecule is CNC(=O)C(Cc1ccccc1)N(Cc1c(Cl)cccc1Cl)C(=O)CCSc1ccc(C)cc1. The van der Waals surface area contributed by atoms with Gasteiger partial charge >= 0.3 is 0 Å². The number of likely N-dealkylation sites (N-methyl/N-ethyl adjacent to an activating group) is 1. The van der Waals surface area contributed by atoms with Crippen LogP contribution in [0.25, 0.3) is 0 Å². The van der Waals surface area contributed by atoms with Gasteiger partial charge in [-0.25, -0.2) is 0 Å². The molecule has 0 saturated heterocycles. The molecule has 0 saturated carbocycles. The van der Waals surface area contributed by atoms with Gasteiger partial charge in [-0.15, -0.1) is 11.8 Å². The number of nitrogens with zero attached hydrogens (tertiary/aromatic N) is 1. The van der Waals surface area contributed by atoms with E-state index in [0.29, 0.717) is 27.8 Å². The molecule has 0 heterocycles. The zero-order valence-corrected chi connectivity index (χ0v) is 21.6. The Morgan fingerprint density at radius 2 is 1.59 bits per heavy atom. The first-order chi connectivity index (χ1) is 16.4. The molecule has 7 heteroatoms. The van der Waals surface area contributed by atoms with Gasteiger partial charge in [0, 0.05) is 52.7 Å². The molecule has 2 amide bonds. The molecule has 0 aromatic heterocycles. The first kappa shape index (κ1) is 26.1. The predicted molar refractivity (Wildman–Crippen MR) is 142 cm³/mol. The van der Waals surface area contributed by atoms with Gasteiger partial charge in [-0.05, 0) is 36.8 Å². The molecule has 0 aliphatic heterocycles. The molecule has 3 rings (SSSR count). The van der Waals surface area contributed by atoms with Crippen LogP contribution in [0.4, 0.5) is 0 Å². The zero-order valence-electron chi connectivity index (χ0n) is 19.3. The van der Waals surface area contributed by atoms with Gasteiger partial charge in [0.2, 0.25) is 11.8 Å². The first-order valence-electron chi connectivity index (χ1n) is 11.1. The molecule has 34 heavy (non-hydrogen) atoms. The zero-order chi connectivity index (χ0) is 24.5. The molecule has 3 aromatic carbocycles. The van der Waals surface area contributed by atoms with Gasteiger partial charge < -0.3 is 10.2 Å². The monoisotopic (exact) mass is 514 g/mol. The maximum atomic E-state index is 13.5. The molecule has 4 nitrogen and oxygen atoms in total. The van der Waals surface area contributed by atoms with Gasteiger partial charge in [-0.1, -0.05) is 77.3 Å². The number of nitrogens with one attached hydrogen (secondary N) is 1. The number of carbonyl (C=O) groups excluding carboxylic acids is 2. The van der Waals surface area contributed by atoms with Crippen molar-refractivity contribution >= 4 is 46.8 Å². The second kappa shape index (κ2) is 12.8. The van der Waals surface area contributed by atoms with E-state index >= 15 is 0 Å². The third kappa shape index (κ3) is 7.26. The van der Waals surface area contributed by atoms with Crippen molar-refractivity contribution in [3.8, 4) is 0 Å². The van der Waals surface area contributed by atoms with Crippen LogP contribution in [-0.4, -0.2) is 35.6 Å². The fourth-order valence-corrected chi connectivity index (χ4v) is 4.97. The van der Waals surface area contributed by atoms with Crippen LogP contribution >= 0.6 is 35.0 Å². The lowest BCUT2D eigenvalue weighted by Gasteiger charge is -2.31. The molecule has 0 radical (unpaired) electrons. The quantitative estimate of drug-likeness (QED) is 0.329. The Kier molecular flexibility index (Phi) is 9.87. The minimum atomic E-state index is -0.698. The van der Waals surface area contributed by atoms with Gasteiger partial charge in [-0.2, -0.15) is 0 Å². The molecule has 0 spiro atoms. The van der Waals surface area contributed by atoms with Crippen LogP contribution in [0.1, 0.15) is 23.1 Å². The van der Waals surface area contributed by atoms with Gasteiger partial charge in [0.05, 0.1) is 0 Å². The maximum absolute atomic E-state index is 13.5. The van der Waals surface area contributed by atoms with E-state index in [1.807, 2.05) is 37.3 Å². The number of benzene rings is 3. The van der Waals surface area contributed by atoms with Crippen molar-refractivity contribution in [3.05, 3.63) is 99.5 Å². The average Bonchev–Trinajstić information content (AvgIpc) is 2.84. The van der Waals surface area contributed by atoms with E-state index in [-0.39, 0.29) is 24.8 Å². The summed E-state index contributed by atoms with van der Waals surface area (Å²) in [7, 11) is 1.58. The van der Waals surface area contributed by atoms with Crippen molar-refractivity contribution in [1.82, 2.24) is 10.2 Å². The molecular formula is C27H28Cl2N2O2S. The number of hydrogen-bond acceptors (Lipinski definition) is 3. The minimum Gasteiger partial charge on any atom is -0.357 e. The minimum absolute atomic E-state index is 0.125. The van der Waals surface area contributed by atoms with E-state index in [2.05, 4.69) is 29.6 Å². The molecular weight excluding hydrogens is 487 g/mol. The van der Waals surface area contributed by atoms with Crippen LogP contribution in [0.3, 0.4) is 0 Å². The average molecular weight is 516 g/mol. The van der Waals surface area contributed by atoms with Crippen LogP contribution in [0, 0.1) is 6.92 Å². The lowest BCUT2D eigenvalue weighted by Crippen LogP contribution is -2.49. The fourth-order valence-electron chi connectivity index (χ4n) is 3.61. The van der Waals surface area contributed by atoms with Gasteiger partial charge in [0.15, 0.2) is 0 Å². The van der Waals surface area contributed by atoms with Crippen molar-refractivity contribution in [3.63, 3.8) is 0 Å². The van der Waals surface area contributed by atoms with E-state index in [4.69, 9.17) is 23.2 Å². The highest BCUT2D eigenvalue weighted by Gasteiger charge is 2.30. The highest BCUT2D eigenvalue weighted by molar-refractivity contribution is 7.99. The lowest BCUT2D eigenvalue weighted by atomic mass is 10.0. The number of thioether (sulfide) groups is 1. The molecule has 0 bridgehead atoms. The fraction of sp³-hybridized carbons (Fsp3) is 0.259. The van der Waals surface area contributed by atoms with Crippen LogP contribution < -0.4 is 5.32 Å². The van der Waals surface area contributed by atoms with Crippen molar-refractivity contribution in [1.29, 1.82) is 0 Å². The second-order valence-electron chi connectivity index (χ2n) is 7.95. The van der Waals surface area contributed by atoms with Gasteiger partial charge in [-0.3, -0.25) is 9.59 Å². The number of hydrogen-bond donors (Lipinski definition) is 1. The standard InChI is InChI=1S/C27H28Cl2N2O2S/c1-19-11-13-21(14-12-19)34-16-15-26(32)31(18-22-23(28)9-6-10-24(22)29)25(27(33)30-2)17-20-7-4-3-5-8-20/h3-14,25H,15-18H2,1-2H3,(H,30,33). The van der Waals surface area contributed by atoms with Crippen LogP contribution in [0.2, 0.25) is 10.0 Å². The number of carbonyl (C=O) groups is 2. The topological polar surface area (TPSA) is 49.4 Å². The molecule has 1 atom stereocenters. The summed E-state index contributed by atoms with van der Waals surface area (Å²) in [6.07, 6.45) is 0.669. The Morgan fingerprint density at radius 1 is 0.941 bits per heavy atom. The Balaban J connectivity index is 1.85. The van der Waals surface area contributed by atoms with Gasteiger partial charge in [0.1, 0.15) is 6.04 Å². The van der Waals surface area contributed by atoms with Crippen molar-refractivity contribution in [2.75, 3.05) is 12.8 Å².